The number of nitrogens with one attached hydrogen (secondary N) is 2. The third kappa shape index (κ3) is 4.53. The highest BCUT2D eigenvalue weighted by Gasteiger charge is 2.42. The minimum absolute atomic E-state index is 0. The molecule has 0 aliphatic carbocycles. The van der Waals surface area contributed by atoms with Crippen LogP contribution in [0.1, 0.15) is 17.7 Å². The zero-order valence-electron chi connectivity index (χ0n) is 12.4. The first kappa shape index (κ1) is 19.6. The second-order valence-corrected chi connectivity index (χ2v) is 5.41. The van der Waals surface area contributed by atoms with E-state index in [4.69, 9.17) is 0 Å². The molecule has 9 heteroatoms. The van der Waals surface area contributed by atoms with E-state index in [1.807, 2.05) is 35.9 Å². The predicted molar refractivity (Wildman–Crippen MR) is 87.6 cm³/mol. The number of amides is 1. The minimum atomic E-state index is -2.80. The standard InChI is InChI=1S/C14H16F2N4O.2ClH/c1-9-2-3-20-7-10(19-12(20)4-9)6-17-13(21)11-5-14(15,16)8-18-11;;/h2-4,7,11,18H,5-6,8H2,1H3,(H,17,21);2*1H. The van der Waals surface area contributed by atoms with E-state index in [-0.39, 0.29) is 31.4 Å². The van der Waals surface area contributed by atoms with Gasteiger partial charge in [-0.15, -0.1) is 24.8 Å². The lowest BCUT2D eigenvalue weighted by atomic mass is 10.2. The zero-order chi connectivity index (χ0) is 15.0. The Bertz CT molecular complexity index is 692. The molecule has 128 valence electrons. The number of nitrogens with zero attached hydrogens (tertiary/aromatic N) is 2. The molecule has 0 saturated carbocycles. The van der Waals surface area contributed by atoms with Crippen LogP contribution in [0.25, 0.3) is 5.65 Å². The van der Waals surface area contributed by atoms with Gasteiger partial charge in [0.25, 0.3) is 5.92 Å². The van der Waals surface area contributed by atoms with Crippen LogP contribution >= 0.6 is 24.8 Å². The molecule has 1 amide bonds. The number of pyridine rings is 1. The first-order chi connectivity index (χ1) is 9.93. The van der Waals surface area contributed by atoms with Gasteiger partial charge in [-0.2, -0.15) is 0 Å². The summed E-state index contributed by atoms with van der Waals surface area (Å²) in [6.07, 6.45) is 3.25. The summed E-state index contributed by atoms with van der Waals surface area (Å²) in [5.41, 5.74) is 2.59. The molecule has 2 aromatic heterocycles. The van der Waals surface area contributed by atoms with Gasteiger partial charge in [0.2, 0.25) is 5.91 Å². The van der Waals surface area contributed by atoms with Crippen molar-refractivity contribution in [1.82, 2.24) is 20.0 Å². The van der Waals surface area contributed by atoms with Gasteiger partial charge in [0.05, 0.1) is 24.8 Å². The molecule has 1 aliphatic rings. The number of imidazole rings is 1. The Morgan fingerprint density at radius 2 is 2.26 bits per heavy atom. The molecule has 0 spiro atoms. The van der Waals surface area contributed by atoms with E-state index in [0.29, 0.717) is 5.69 Å². The molecule has 2 aromatic rings. The van der Waals surface area contributed by atoms with Crippen LogP contribution in [0.15, 0.2) is 24.5 Å². The monoisotopic (exact) mass is 366 g/mol. The maximum Gasteiger partial charge on any atom is 0.262 e. The predicted octanol–water partition coefficient (Wildman–Crippen LogP) is 2.10. The number of halogens is 4. The second-order valence-electron chi connectivity index (χ2n) is 5.41. The van der Waals surface area contributed by atoms with Crippen molar-refractivity contribution in [3.63, 3.8) is 0 Å². The summed E-state index contributed by atoms with van der Waals surface area (Å²) in [7, 11) is 0. The molecule has 0 radical (unpaired) electrons. The molecule has 1 unspecified atom stereocenters. The fourth-order valence-electron chi connectivity index (χ4n) is 2.42. The van der Waals surface area contributed by atoms with Gasteiger partial charge in [0.15, 0.2) is 0 Å². The van der Waals surface area contributed by atoms with E-state index in [0.717, 1.165) is 11.2 Å². The molecule has 1 aliphatic heterocycles. The van der Waals surface area contributed by atoms with Crippen molar-refractivity contribution in [3.8, 4) is 0 Å². The number of alkyl halides is 2. The van der Waals surface area contributed by atoms with Crippen molar-refractivity contribution in [3.05, 3.63) is 35.8 Å². The van der Waals surface area contributed by atoms with Crippen LogP contribution in [0.4, 0.5) is 8.78 Å². The van der Waals surface area contributed by atoms with Gasteiger partial charge in [0, 0.05) is 18.8 Å². The number of fused-ring (bicyclic) bond motifs is 1. The molecule has 1 saturated heterocycles. The fraction of sp³-hybridized carbons (Fsp3) is 0.429. The number of rotatable bonds is 3. The summed E-state index contributed by atoms with van der Waals surface area (Å²) in [6, 6.07) is 3.06. The lowest BCUT2D eigenvalue weighted by Crippen LogP contribution is -2.40. The Morgan fingerprint density at radius 1 is 1.52 bits per heavy atom. The highest BCUT2D eigenvalue weighted by atomic mass is 35.5. The minimum Gasteiger partial charge on any atom is -0.349 e. The van der Waals surface area contributed by atoms with Crippen molar-refractivity contribution in [2.24, 2.45) is 0 Å². The highest BCUT2D eigenvalue weighted by Crippen LogP contribution is 2.25. The summed E-state index contributed by atoms with van der Waals surface area (Å²) in [5.74, 6) is -3.22. The normalized spacial score (nSPS) is 19.0. The number of hydrogen-bond donors (Lipinski definition) is 2. The number of carbonyl (C=O) groups is 1. The van der Waals surface area contributed by atoms with Crippen LogP contribution in [0.2, 0.25) is 0 Å². The average Bonchev–Trinajstić information content (AvgIpc) is 2.98. The summed E-state index contributed by atoms with van der Waals surface area (Å²) in [6.45, 7) is 1.75. The number of carbonyl (C=O) groups excluding carboxylic acids is 1. The van der Waals surface area contributed by atoms with Crippen molar-refractivity contribution >= 4 is 36.4 Å². The molecule has 0 aromatic carbocycles. The van der Waals surface area contributed by atoms with E-state index in [2.05, 4.69) is 15.6 Å². The van der Waals surface area contributed by atoms with Crippen LogP contribution in [0.5, 0.6) is 0 Å². The maximum atomic E-state index is 13.0. The molecule has 3 rings (SSSR count). The lowest BCUT2D eigenvalue weighted by molar-refractivity contribution is -0.123. The molecule has 5 nitrogen and oxygen atoms in total. The van der Waals surface area contributed by atoms with Gasteiger partial charge in [0.1, 0.15) is 5.65 Å². The topological polar surface area (TPSA) is 58.4 Å². The summed E-state index contributed by atoms with van der Waals surface area (Å²) in [5, 5.41) is 5.17. The summed E-state index contributed by atoms with van der Waals surface area (Å²) in [4.78, 5) is 16.2. The summed E-state index contributed by atoms with van der Waals surface area (Å²) < 4.78 is 27.9. The molecular formula is C14H18Cl2F2N4O. The SMILES string of the molecule is Cc1ccn2cc(CNC(=O)C3CC(F)(F)CN3)nc2c1.Cl.Cl. The summed E-state index contributed by atoms with van der Waals surface area (Å²) >= 11 is 0. The Labute approximate surface area is 144 Å². The fourth-order valence-corrected chi connectivity index (χ4v) is 2.42. The number of hydrogen-bond acceptors (Lipinski definition) is 3. The molecule has 23 heavy (non-hydrogen) atoms. The lowest BCUT2D eigenvalue weighted by Gasteiger charge is -2.10. The van der Waals surface area contributed by atoms with E-state index < -0.39 is 30.8 Å². The average molecular weight is 367 g/mol. The quantitative estimate of drug-likeness (QED) is 0.874. The van der Waals surface area contributed by atoms with Crippen LogP contribution in [-0.2, 0) is 11.3 Å². The first-order valence-electron chi connectivity index (χ1n) is 6.76. The van der Waals surface area contributed by atoms with Crippen LogP contribution in [0.3, 0.4) is 0 Å². The van der Waals surface area contributed by atoms with E-state index in [9.17, 15) is 13.6 Å². The second kappa shape index (κ2) is 7.42. The number of aryl methyl sites for hydroxylation is 1. The van der Waals surface area contributed by atoms with Gasteiger partial charge in [-0.25, -0.2) is 13.8 Å². The Kier molecular flexibility index (Phi) is 6.33. The van der Waals surface area contributed by atoms with Gasteiger partial charge >= 0.3 is 0 Å². The van der Waals surface area contributed by atoms with Crippen molar-refractivity contribution < 1.29 is 13.6 Å². The van der Waals surface area contributed by atoms with Gasteiger partial charge in [-0.3, -0.25) is 10.1 Å². The van der Waals surface area contributed by atoms with Crippen LogP contribution < -0.4 is 10.6 Å². The third-order valence-corrected chi connectivity index (χ3v) is 3.54. The van der Waals surface area contributed by atoms with Gasteiger partial charge in [-0.1, -0.05) is 0 Å². The maximum absolute atomic E-state index is 13.0. The van der Waals surface area contributed by atoms with E-state index in [1.165, 1.54) is 0 Å². The molecule has 3 heterocycles. The van der Waals surface area contributed by atoms with Crippen molar-refractivity contribution in [2.45, 2.75) is 31.9 Å². The van der Waals surface area contributed by atoms with E-state index >= 15 is 0 Å². The van der Waals surface area contributed by atoms with Crippen molar-refractivity contribution in [2.75, 3.05) is 6.54 Å². The molecule has 1 fully saturated rings. The smallest absolute Gasteiger partial charge is 0.262 e. The molecular weight excluding hydrogens is 349 g/mol. The third-order valence-electron chi connectivity index (χ3n) is 3.54. The molecule has 0 bridgehead atoms. The van der Waals surface area contributed by atoms with Gasteiger partial charge in [-0.05, 0) is 24.6 Å². The van der Waals surface area contributed by atoms with Gasteiger partial charge < -0.3 is 9.72 Å². The Hall–Kier alpha value is -1.44. The largest absolute Gasteiger partial charge is 0.349 e. The zero-order valence-corrected chi connectivity index (χ0v) is 14.0. The van der Waals surface area contributed by atoms with Crippen molar-refractivity contribution in [1.29, 1.82) is 0 Å². The first-order valence-corrected chi connectivity index (χ1v) is 6.76. The van der Waals surface area contributed by atoms with Crippen LogP contribution in [-0.4, -0.2) is 33.8 Å². The van der Waals surface area contributed by atoms with E-state index in [1.54, 1.807) is 0 Å². The Morgan fingerprint density at radius 3 is 2.91 bits per heavy atom. The molecule has 1 atom stereocenters. The molecule has 2 N–H and O–H groups in total. The highest BCUT2D eigenvalue weighted by molar-refractivity contribution is 5.85. The van der Waals surface area contributed by atoms with Crippen LogP contribution in [0, 0.1) is 6.92 Å². The number of aromatic nitrogens is 2. The Balaban J connectivity index is 0.00000132.